The standard InChI is InChI=1S/C10H9Br2Cl2NO4S/c1-19-10(16)6(12)4-15-20(17,18)9-7(13)2-5(11)3-8(9)14/h2-3,6,15H,4H2,1H3. The van der Waals surface area contributed by atoms with Crippen molar-refractivity contribution in [3.05, 3.63) is 26.7 Å². The molecule has 0 heterocycles. The molecule has 0 fully saturated rings. The first-order valence-electron chi connectivity index (χ1n) is 5.05. The molecule has 5 nitrogen and oxygen atoms in total. The third-order valence-electron chi connectivity index (χ3n) is 2.14. The molecule has 0 radical (unpaired) electrons. The van der Waals surface area contributed by atoms with Crippen molar-refractivity contribution >= 4 is 71.1 Å². The van der Waals surface area contributed by atoms with Crippen molar-refractivity contribution in [1.82, 2.24) is 4.72 Å². The van der Waals surface area contributed by atoms with Gasteiger partial charge in [0, 0.05) is 11.0 Å². The monoisotopic (exact) mass is 467 g/mol. The Bertz CT molecular complexity index is 601. The minimum absolute atomic E-state index is 0.0268. The van der Waals surface area contributed by atoms with Gasteiger partial charge < -0.3 is 4.74 Å². The van der Waals surface area contributed by atoms with Gasteiger partial charge in [-0.15, -0.1) is 0 Å². The van der Waals surface area contributed by atoms with Gasteiger partial charge in [-0.1, -0.05) is 55.1 Å². The number of rotatable bonds is 5. The summed E-state index contributed by atoms with van der Waals surface area (Å²) in [6, 6.07) is 2.82. The normalized spacial score (nSPS) is 13.1. The summed E-state index contributed by atoms with van der Waals surface area (Å²) in [5.74, 6) is -0.597. The largest absolute Gasteiger partial charge is 0.468 e. The highest BCUT2D eigenvalue weighted by molar-refractivity contribution is 9.10. The highest BCUT2D eigenvalue weighted by atomic mass is 79.9. The van der Waals surface area contributed by atoms with Crippen LogP contribution in [0.2, 0.25) is 10.0 Å². The van der Waals surface area contributed by atoms with E-state index < -0.39 is 20.8 Å². The van der Waals surface area contributed by atoms with E-state index in [1.165, 1.54) is 19.2 Å². The van der Waals surface area contributed by atoms with Crippen LogP contribution in [0.4, 0.5) is 0 Å². The number of ether oxygens (including phenoxy) is 1. The molecule has 0 aliphatic rings. The lowest BCUT2D eigenvalue weighted by atomic mass is 10.4. The van der Waals surface area contributed by atoms with Crippen LogP contribution in [0.1, 0.15) is 0 Å². The van der Waals surface area contributed by atoms with Gasteiger partial charge in [0.2, 0.25) is 10.0 Å². The molecule has 1 atom stereocenters. The lowest BCUT2D eigenvalue weighted by Gasteiger charge is -2.12. The SMILES string of the molecule is COC(=O)C(Br)CNS(=O)(=O)c1c(Cl)cc(Br)cc1Cl. The third kappa shape index (κ3) is 4.57. The van der Waals surface area contributed by atoms with Gasteiger partial charge in [-0.05, 0) is 12.1 Å². The van der Waals surface area contributed by atoms with Crippen LogP contribution in [0.25, 0.3) is 0 Å². The van der Waals surface area contributed by atoms with Crippen molar-refractivity contribution in [3.63, 3.8) is 0 Å². The maximum atomic E-state index is 12.1. The van der Waals surface area contributed by atoms with E-state index in [2.05, 4.69) is 41.3 Å². The van der Waals surface area contributed by atoms with Crippen LogP contribution in [0.15, 0.2) is 21.5 Å². The Morgan fingerprint density at radius 1 is 1.40 bits per heavy atom. The van der Waals surface area contributed by atoms with E-state index in [1.807, 2.05) is 0 Å². The molecule has 1 aromatic carbocycles. The van der Waals surface area contributed by atoms with E-state index in [1.54, 1.807) is 0 Å². The summed E-state index contributed by atoms with van der Waals surface area (Å²) in [4.78, 5) is 10.1. The average Bonchev–Trinajstić information content (AvgIpc) is 2.33. The highest BCUT2D eigenvalue weighted by Gasteiger charge is 2.25. The van der Waals surface area contributed by atoms with Gasteiger partial charge in [-0.2, -0.15) is 0 Å². The Morgan fingerprint density at radius 3 is 2.35 bits per heavy atom. The number of methoxy groups -OCH3 is 1. The molecule has 0 aromatic heterocycles. The first-order chi connectivity index (χ1) is 9.19. The molecule has 1 N–H and O–H groups in total. The first kappa shape index (κ1) is 18.2. The van der Waals surface area contributed by atoms with Gasteiger partial charge >= 0.3 is 5.97 Å². The number of nitrogens with one attached hydrogen (secondary N) is 1. The quantitative estimate of drug-likeness (QED) is 0.531. The molecule has 112 valence electrons. The van der Waals surface area contributed by atoms with E-state index in [-0.39, 0.29) is 21.5 Å². The number of esters is 1. The predicted molar refractivity (Wildman–Crippen MR) is 84.1 cm³/mol. The molecule has 0 aliphatic carbocycles. The third-order valence-corrected chi connectivity index (χ3v) is 5.64. The minimum atomic E-state index is -3.95. The minimum Gasteiger partial charge on any atom is -0.468 e. The van der Waals surface area contributed by atoms with Crippen molar-refractivity contribution in [3.8, 4) is 0 Å². The fourth-order valence-electron chi connectivity index (χ4n) is 1.25. The Morgan fingerprint density at radius 2 is 1.90 bits per heavy atom. The zero-order valence-corrected chi connectivity index (χ0v) is 15.5. The molecule has 0 saturated heterocycles. The molecular weight excluding hydrogens is 461 g/mol. The predicted octanol–water partition coefficient (Wildman–Crippen LogP) is 2.97. The van der Waals surface area contributed by atoms with E-state index in [0.29, 0.717) is 4.47 Å². The van der Waals surface area contributed by atoms with Gasteiger partial charge in [0.05, 0.1) is 17.2 Å². The maximum Gasteiger partial charge on any atom is 0.320 e. The Labute approximate surface area is 143 Å². The second-order valence-corrected chi connectivity index (χ2v) is 8.08. The summed E-state index contributed by atoms with van der Waals surface area (Å²) in [6.07, 6.45) is 0. The molecule has 20 heavy (non-hydrogen) atoms. The van der Waals surface area contributed by atoms with Gasteiger partial charge in [0.15, 0.2) is 0 Å². The van der Waals surface area contributed by atoms with Gasteiger partial charge in [-0.3, -0.25) is 4.79 Å². The van der Waals surface area contributed by atoms with Crippen LogP contribution in [0.5, 0.6) is 0 Å². The second kappa shape index (κ2) is 7.42. The van der Waals surface area contributed by atoms with Crippen LogP contribution in [-0.2, 0) is 19.6 Å². The molecule has 0 amide bonds. The number of hydrogen-bond acceptors (Lipinski definition) is 4. The molecule has 0 aliphatic heterocycles. The highest BCUT2D eigenvalue weighted by Crippen LogP contribution is 2.32. The topological polar surface area (TPSA) is 72.5 Å². The lowest BCUT2D eigenvalue weighted by molar-refractivity contribution is -0.139. The van der Waals surface area contributed by atoms with Crippen LogP contribution in [0.3, 0.4) is 0 Å². The Hall–Kier alpha value is 0.140. The van der Waals surface area contributed by atoms with Crippen LogP contribution in [0, 0.1) is 0 Å². The van der Waals surface area contributed by atoms with E-state index in [0.717, 1.165) is 0 Å². The summed E-state index contributed by atoms with van der Waals surface area (Å²) in [5.41, 5.74) is 0. The van der Waals surface area contributed by atoms with E-state index in [9.17, 15) is 13.2 Å². The number of alkyl halides is 1. The molecule has 10 heteroatoms. The summed E-state index contributed by atoms with van der Waals surface area (Å²) in [7, 11) is -2.75. The molecule has 1 rings (SSSR count). The first-order valence-corrected chi connectivity index (χ1v) is 9.00. The summed E-state index contributed by atoms with van der Waals surface area (Å²) in [5, 5.41) is -0.0536. The summed E-state index contributed by atoms with van der Waals surface area (Å²) >= 11 is 17.9. The van der Waals surface area contributed by atoms with Crippen molar-refractivity contribution in [2.75, 3.05) is 13.7 Å². The fourth-order valence-corrected chi connectivity index (χ4v) is 4.79. The molecular formula is C10H9Br2Cl2NO4S. The average molecular weight is 470 g/mol. The smallest absolute Gasteiger partial charge is 0.320 e. The van der Waals surface area contributed by atoms with Gasteiger partial charge in [-0.25, -0.2) is 13.1 Å². The summed E-state index contributed by atoms with van der Waals surface area (Å²) in [6.45, 7) is -0.197. The second-order valence-electron chi connectivity index (χ2n) is 3.54. The lowest BCUT2D eigenvalue weighted by Crippen LogP contribution is -2.34. The van der Waals surface area contributed by atoms with Crippen molar-refractivity contribution in [1.29, 1.82) is 0 Å². The zero-order valence-electron chi connectivity index (χ0n) is 9.99. The Kier molecular flexibility index (Phi) is 6.75. The van der Waals surface area contributed by atoms with Crippen LogP contribution in [-0.4, -0.2) is 32.9 Å². The number of sulfonamides is 1. The van der Waals surface area contributed by atoms with Crippen molar-refractivity contribution in [2.24, 2.45) is 0 Å². The molecule has 1 aromatic rings. The molecule has 1 unspecified atom stereocenters. The number of carbonyl (C=O) groups is 1. The van der Waals surface area contributed by atoms with Gasteiger partial charge in [0.1, 0.15) is 9.72 Å². The maximum absolute atomic E-state index is 12.1. The molecule has 0 bridgehead atoms. The fraction of sp³-hybridized carbons (Fsp3) is 0.300. The zero-order chi connectivity index (χ0) is 15.5. The number of benzene rings is 1. The van der Waals surface area contributed by atoms with Gasteiger partial charge in [0.25, 0.3) is 0 Å². The van der Waals surface area contributed by atoms with E-state index >= 15 is 0 Å². The Balaban J connectivity index is 2.98. The number of hydrogen-bond donors (Lipinski definition) is 1. The molecule has 0 saturated carbocycles. The molecule has 0 spiro atoms. The van der Waals surface area contributed by atoms with Crippen LogP contribution < -0.4 is 4.72 Å². The van der Waals surface area contributed by atoms with Crippen molar-refractivity contribution in [2.45, 2.75) is 9.72 Å². The van der Waals surface area contributed by atoms with Crippen molar-refractivity contribution < 1.29 is 17.9 Å². The van der Waals surface area contributed by atoms with Crippen LogP contribution >= 0.6 is 55.1 Å². The summed E-state index contributed by atoms with van der Waals surface area (Å²) < 4.78 is 31.5. The number of halogens is 4. The van der Waals surface area contributed by atoms with E-state index in [4.69, 9.17) is 23.2 Å². The number of carbonyl (C=O) groups excluding carboxylic acids is 1.